The maximum absolute atomic E-state index is 14.8. The number of carbonyl (C=O) groups is 1. The lowest BCUT2D eigenvalue weighted by molar-refractivity contribution is 0.0964. The van der Waals surface area contributed by atoms with Crippen LogP contribution in [0.1, 0.15) is 46.6 Å². The number of hydrogen-bond acceptors (Lipinski definition) is 7. The van der Waals surface area contributed by atoms with Crippen molar-refractivity contribution in [3.63, 3.8) is 0 Å². The highest BCUT2D eigenvalue weighted by molar-refractivity contribution is 7.92. The first-order valence-corrected chi connectivity index (χ1v) is 17.4. The molecule has 1 aromatic carbocycles. The molecule has 0 bridgehead atoms. The number of halogens is 1. The monoisotopic (exact) mass is 640 g/mol. The van der Waals surface area contributed by atoms with Gasteiger partial charge in [0.05, 0.1) is 52.4 Å². The van der Waals surface area contributed by atoms with Crippen molar-refractivity contribution in [2.45, 2.75) is 44.7 Å². The van der Waals surface area contributed by atoms with E-state index in [0.717, 1.165) is 79.7 Å². The average molecular weight is 641 g/mol. The maximum Gasteiger partial charge on any atom is 0.255 e. The van der Waals surface area contributed by atoms with Gasteiger partial charge in [-0.3, -0.25) is 13.8 Å². The molecule has 1 amide bonds. The Kier molecular flexibility index (Phi) is 6.51. The first kappa shape index (κ1) is 28.7. The minimum atomic E-state index is -3.69. The summed E-state index contributed by atoms with van der Waals surface area (Å²) < 4.78 is 50.2. The van der Waals surface area contributed by atoms with Crippen LogP contribution in [0.2, 0.25) is 0 Å². The number of benzene rings is 1. The van der Waals surface area contributed by atoms with Crippen LogP contribution in [-0.4, -0.2) is 66.9 Å². The van der Waals surface area contributed by atoms with Crippen LogP contribution < -0.4 is 9.62 Å². The van der Waals surface area contributed by atoms with Gasteiger partial charge >= 0.3 is 0 Å². The number of pyridine rings is 1. The molecule has 8 rings (SSSR count). The molecule has 6 heterocycles. The number of fused-ring (bicyclic) bond motifs is 7. The van der Waals surface area contributed by atoms with Crippen LogP contribution >= 0.6 is 0 Å². The lowest BCUT2D eigenvalue weighted by atomic mass is 9.97. The molecule has 236 valence electrons. The van der Waals surface area contributed by atoms with Gasteiger partial charge < -0.3 is 14.6 Å². The second kappa shape index (κ2) is 10.4. The zero-order chi connectivity index (χ0) is 31.9. The van der Waals surface area contributed by atoms with E-state index in [4.69, 9.17) is 9.40 Å². The molecule has 4 aliphatic rings. The molecule has 1 atom stereocenters. The second-order valence-electron chi connectivity index (χ2n) is 12.3. The van der Waals surface area contributed by atoms with E-state index < -0.39 is 10.0 Å². The van der Waals surface area contributed by atoms with E-state index in [2.05, 4.69) is 15.3 Å². The van der Waals surface area contributed by atoms with Crippen LogP contribution in [0.25, 0.3) is 39.2 Å². The fourth-order valence-corrected chi connectivity index (χ4v) is 7.76. The molecule has 0 radical (unpaired) electrons. The molecule has 1 unspecified atom stereocenters. The molecule has 12 heteroatoms. The van der Waals surface area contributed by atoms with Gasteiger partial charge in [-0.25, -0.2) is 17.8 Å². The quantitative estimate of drug-likeness (QED) is 0.319. The number of nitrogens with zero attached hydrogens (tertiary/aromatic N) is 5. The van der Waals surface area contributed by atoms with Crippen LogP contribution in [0.4, 0.5) is 10.1 Å². The zero-order valence-corrected chi connectivity index (χ0v) is 26.6. The molecule has 3 aromatic heterocycles. The van der Waals surface area contributed by atoms with E-state index in [1.165, 1.54) is 17.4 Å². The minimum Gasteiger partial charge on any atom is -0.455 e. The first-order chi connectivity index (χ1) is 22.1. The number of anilines is 1. The Labute approximate surface area is 265 Å². The summed E-state index contributed by atoms with van der Waals surface area (Å²) in [6.07, 6.45) is 12.5. The number of carbonyl (C=O) groups excluding carboxylic acids is 1. The zero-order valence-electron chi connectivity index (χ0n) is 25.8. The Morgan fingerprint density at radius 3 is 2.80 bits per heavy atom. The fourth-order valence-electron chi connectivity index (χ4n) is 7.25. The number of nitrogens with one attached hydrogen (secondary N) is 1. The predicted molar refractivity (Wildman–Crippen MR) is 174 cm³/mol. The van der Waals surface area contributed by atoms with Gasteiger partial charge in [-0.2, -0.15) is 5.10 Å². The van der Waals surface area contributed by atoms with Gasteiger partial charge in [0.25, 0.3) is 5.91 Å². The van der Waals surface area contributed by atoms with Crippen molar-refractivity contribution in [2.24, 2.45) is 0 Å². The topological polar surface area (TPSA) is 114 Å². The summed E-state index contributed by atoms with van der Waals surface area (Å²) in [6.45, 7) is 1.56. The Morgan fingerprint density at radius 1 is 1.15 bits per heavy atom. The van der Waals surface area contributed by atoms with Gasteiger partial charge in [0, 0.05) is 55.5 Å². The van der Waals surface area contributed by atoms with Crippen molar-refractivity contribution in [1.29, 1.82) is 0 Å². The van der Waals surface area contributed by atoms with Crippen LogP contribution in [0.5, 0.6) is 0 Å². The van der Waals surface area contributed by atoms with Gasteiger partial charge in [-0.1, -0.05) is 12.1 Å². The summed E-state index contributed by atoms with van der Waals surface area (Å²) >= 11 is 0. The summed E-state index contributed by atoms with van der Waals surface area (Å²) in [5.41, 5.74) is 7.24. The smallest absolute Gasteiger partial charge is 0.255 e. The summed E-state index contributed by atoms with van der Waals surface area (Å²) in [7, 11) is -0.627. The van der Waals surface area contributed by atoms with Gasteiger partial charge in [0.15, 0.2) is 5.76 Å². The van der Waals surface area contributed by atoms with Crippen molar-refractivity contribution in [2.75, 3.05) is 31.2 Å². The van der Waals surface area contributed by atoms with Crippen molar-refractivity contribution < 1.29 is 22.0 Å². The molecule has 1 aliphatic carbocycles. The maximum atomic E-state index is 14.8. The average Bonchev–Trinajstić information content (AvgIpc) is 3.76. The summed E-state index contributed by atoms with van der Waals surface area (Å²) in [5.74, 6) is -0.147. The number of hydrogen-bond donors (Lipinski definition) is 1. The van der Waals surface area contributed by atoms with Crippen molar-refractivity contribution >= 4 is 38.3 Å². The van der Waals surface area contributed by atoms with Crippen LogP contribution in [0, 0.1) is 0 Å². The molecule has 3 aliphatic heterocycles. The Hall–Kier alpha value is -4.71. The van der Waals surface area contributed by atoms with Crippen LogP contribution in [0.15, 0.2) is 64.5 Å². The predicted octanol–water partition coefficient (Wildman–Crippen LogP) is 5.21. The third-order valence-corrected chi connectivity index (χ3v) is 10.9. The van der Waals surface area contributed by atoms with Gasteiger partial charge in [0.2, 0.25) is 10.0 Å². The van der Waals surface area contributed by atoms with E-state index >= 15 is 0 Å². The molecule has 10 nitrogen and oxygen atoms in total. The standard InChI is InChI=1S/C34H33FN6O4S/c1-36-34(42)31-22-15-21(25-11-10-19-12-14-40-26-9-6-7-24(35)20(26)16-29(40)32(19)38-25)28(39(2)46(3,43)44)17-30(22)45-33(31)23-18-37-41-13-5-4-8-27(23)41/h6-7,10-11,15-18,26H,4-5,8-9,12-14H2,1-3H3,(H,36,42). The van der Waals surface area contributed by atoms with E-state index in [9.17, 15) is 17.6 Å². The van der Waals surface area contributed by atoms with E-state index in [-0.39, 0.29) is 17.8 Å². The Bertz CT molecular complexity index is 2180. The van der Waals surface area contributed by atoms with Gasteiger partial charge in [-0.05, 0) is 62.0 Å². The number of aryl methyl sites for hydroxylation is 1. The fraction of sp³-hybridized carbons (Fsp3) is 0.324. The molecular formula is C34H33FN6O4S. The molecule has 4 aromatic rings. The van der Waals surface area contributed by atoms with Crippen molar-refractivity contribution in [3.8, 4) is 22.6 Å². The van der Waals surface area contributed by atoms with Crippen LogP contribution in [0.3, 0.4) is 0 Å². The number of aromatic nitrogens is 3. The normalized spacial score (nSPS) is 18.7. The number of allylic oxidation sites excluding steroid dienone is 2. The highest BCUT2D eigenvalue weighted by Crippen LogP contribution is 2.45. The third kappa shape index (κ3) is 4.33. The van der Waals surface area contributed by atoms with Gasteiger partial charge in [-0.15, -0.1) is 0 Å². The van der Waals surface area contributed by atoms with E-state index in [1.807, 2.05) is 29.0 Å². The Morgan fingerprint density at radius 2 is 2.00 bits per heavy atom. The van der Waals surface area contributed by atoms with E-state index in [0.29, 0.717) is 44.8 Å². The highest BCUT2D eigenvalue weighted by Gasteiger charge is 2.37. The lowest BCUT2D eigenvalue weighted by Gasteiger charge is -2.34. The number of amides is 1. The summed E-state index contributed by atoms with van der Waals surface area (Å²) in [6, 6.07) is 7.30. The van der Waals surface area contributed by atoms with Gasteiger partial charge in [0.1, 0.15) is 11.4 Å². The number of sulfonamides is 1. The molecule has 0 saturated heterocycles. The van der Waals surface area contributed by atoms with Crippen LogP contribution in [-0.2, 0) is 29.4 Å². The lowest BCUT2D eigenvalue weighted by Crippen LogP contribution is -2.36. The largest absolute Gasteiger partial charge is 0.455 e. The molecule has 0 spiro atoms. The number of furan rings is 1. The van der Waals surface area contributed by atoms with E-state index in [1.54, 1.807) is 25.4 Å². The summed E-state index contributed by atoms with van der Waals surface area (Å²) in [5, 5.41) is 7.85. The van der Waals surface area contributed by atoms with Crippen molar-refractivity contribution in [1.82, 2.24) is 25.0 Å². The van der Waals surface area contributed by atoms with Crippen molar-refractivity contribution in [3.05, 3.63) is 82.6 Å². The minimum absolute atomic E-state index is 0.0593. The molecule has 1 N–H and O–H groups in total. The number of rotatable bonds is 5. The SMILES string of the molecule is CNC(=O)c1c(-c2cnn3c2CCCC3)oc2cc(N(C)S(C)(=O)=O)c(-c3ccc4c(n3)C3=CC5=C(F)C=CCC5N3CC4)cc12. The second-order valence-corrected chi connectivity index (χ2v) is 14.3. The summed E-state index contributed by atoms with van der Waals surface area (Å²) in [4.78, 5) is 20.8. The molecular weight excluding hydrogens is 607 g/mol. The highest BCUT2D eigenvalue weighted by atomic mass is 32.2. The molecule has 46 heavy (non-hydrogen) atoms. The third-order valence-electron chi connectivity index (χ3n) is 9.68. The Balaban J connectivity index is 1.35. The molecule has 0 fully saturated rings. The first-order valence-electron chi connectivity index (χ1n) is 15.5. The molecule has 0 saturated carbocycles.